The summed E-state index contributed by atoms with van der Waals surface area (Å²) in [5, 5.41) is 12.5. The van der Waals surface area contributed by atoms with Crippen LogP contribution < -0.4 is 0 Å². The van der Waals surface area contributed by atoms with E-state index >= 15 is 0 Å². The zero-order valence-corrected chi connectivity index (χ0v) is 22.6. The average Bonchev–Trinajstić information content (AvgIpc) is 3.34. The fourth-order valence-electron chi connectivity index (χ4n) is 5.64. The van der Waals surface area contributed by atoms with Gasteiger partial charge in [0.25, 0.3) is 5.69 Å². The van der Waals surface area contributed by atoms with Gasteiger partial charge in [-0.1, -0.05) is 60.7 Å². The number of rotatable bonds is 9. The van der Waals surface area contributed by atoms with Gasteiger partial charge in [0.2, 0.25) is 5.91 Å². The fourth-order valence-corrected chi connectivity index (χ4v) is 5.64. The minimum atomic E-state index is -0.381. The molecule has 0 bridgehead atoms. The predicted molar refractivity (Wildman–Crippen MR) is 153 cm³/mol. The van der Waals surface area contributed by atoms with Crippen LogP contribution in [0.2, 0.25) is 0 Å². The first-order valence-corrected chi connectivity index (χ1v) is 13.7. The molecule has 0 aliphatic carbocycles. The van der Waals surface area contributed by atoms with Crippen LogP contribution in [-0.2, 0) is 20.9 Å². The normalized spacial score (nSPS) is 14.7. The van der Waals surface area contributed by atoms with Gasteiger partial charge in [-0.15, -0.1) is 0 Å². The number of benzene rings is 3. The highest BCUT2D eigenvalue weighted by molar-refractivity contribution is 5.88. The number of nitrogens with zero attached hydrogens (tertiary/aromatic N) is 3. The summed E-state index contributed by atoms with van der Waals surface area (Å²) < 4.78 is 7.28. The molecule has 40 heavy (non-hydrogen) atoms. The largest absolute Gasteiger partial charge is 0.466 e. The number of fused-ring (bicyclic) bond motifs is 1. The molecule has 3 aromatic carbocycles. The number of amides is 1. The van der Waals surface area contributed by atoms with Crippen LogP contribution in [0.4, 0.5) is 5.69 Å². The van der Waals surface area contributed by atoms with Crippen molar-refractivity contribution in [3.05, 3.63) is 112 Å². The van der Waals surface area contributed by atoms with E-state index in [4.69, 9.17) is 4.74 Å². The van der Waals surface area contributed by atoms with Gasteiger partial charge in [-0.05, 0) is 42.5 Å². The van der Waals surface area contributed by atoms with Crippen molar-refractivity contribution in [2.45, 2.75) is 38.6 Å². The number of ether oxygens (including phenoxy) is 1. The number of aromatic nitrogens is 1. The molecule has 0 saturated carbocycles. The van der Waals surface area contributed by atoms with Crippen molar-refractivity contribution in [2.24, 2.45) is 5.92 Å². The van der Waals surface area contributed by atoms with Crippen LogP contribution in [-0.4, -0.2) is 46.0 Å². The predicted octanol–water partition coefficient (Wildman–Crippen LogP) is 5.92. The Hall–Kier alpha value is -4.46. The molecule has 4 aromatic rings. The monoisotopic (exact) mass is 539 g/mol. The summed E-state index contributed by atoms with van der Waals surface area (Å²) in [5.41, 5.74) is 3.87. The summed E-state index contributed by atoms with van der Waals surface area (Å²) >= 11 is 0. The Kier molecular flexibility index (Phi) is 8.24. The molecule has 2 heterocycles. The number of piperidine rings is 1. The van der Waals surface area contributed by atoms with E-state index in [1.807, 2.05) is 59.6 Å². The number of nitro benzene ring substituents is 1. The number of hydrogen-bond acceptors (Lipinski definition) is 5. The third-order valence-corrected chi connectivity index (χ3v) is 7.73. The van der Waals surface area contributed by atoms with Crippen molar-refractivity contribution in [3.8, 4) is 0 Å². The SMILES string of the molecule is CCOC(=O)C1CCN(C(=O)CC(c2ccccc2)c2cn(Cc3ccccc3)c3ccc([N+](=O)[O-])cc23)CC1. The third kappa shape index (κ3) is 5.91. The Morgan fingerprint density at radius 1 is 1.00 bits per heavy atom. The fraction of sp³-hybridized carbons (Fsp3) is 0.312. The highest BCUT2D eigenvalue weighted by Gasteiger charge is 2.31. The molecule has 1 unspecified atom stereocenters. The summed E-state index contributed by atoms with van der Waals surface area (Å²) in [6, 6.07) is 24.8. The van der Waals surface area contributed by atoms with Gasteiger partial charge in [0.05, 0.1) is 17.4 Å². The lowest BCUT2D eigenvalue weighted by Crippen LogP contribution is -2.41. The first-order chi connectivity index (χ1) is 19.4. The van der Waals surface area contributed by atoms with Crippen LogP contribution in [0.3, 0.4) is 0 Å². The van der Waals surface area contributed by atoms with Crippen LogP contribution in [0, 0.1) is 16.0 Å². The molecule has 1 fully saturated rings. The first kappa shape index (κ1) is 27.1. The summed E-state index contributed by atoms with van der Waals surface area (Å²) in [6.07, 6.45) is 3.44. The van der Waals surface area contributed by atoms with E-state index in [-0.39, 0.29) is 40.7 Å². The van der Waals surface area contributed by atoms with Crippen molar-refractivity contribution in [2.75, 3.05) is 19.7 Å². The first-order valence-electron chi connectivity index (χ1n) is 13.7. The summed E-state index contributed by atoms with van der Waals surface area (Å²) in [4.78, 5) is 39.0. The van der Waals surface area contributed by atoms with Crippen LogP contribution in [0.15, 0.2) is 85.1 Å². The topological polar surface area (TPSA) is 94.7 Å². The molecule has 1 atom stereocenters. The van der Waals surface area contributed by atoms with E-state index < -0.39 is 0 Å². The highest BCUT2D eigenvalue weighted by atomic mass is 16.6. The van der Waals surface area contributed by atoms with E-state index in [1.54, 1.807) is 19.1 Å². The Bertz CT molecular complexity index is 1490. The molecule has 5 rings (SSSR count). The lowest BCUT2D eigenvalue weighted by molar-refractivity contribution is -0.384. The molecule has 0 N–H and O–H groups in total. The molecule has 0 radical (unpaired) electrons. The molecule has 8 heteroatoms. The van der Waals surface area contributed by atoms with Crippen LogP contribution in [0.1, 0.15) is 48.8 Å². The lowest BCUT2D eigenvalue weighted by atomic mass is 9.87. The average molecular weight is 540 g/mol. The van der Waals surface area contributed by atoms with Crippen molar-refractivity contribution >= 4 is 28.5 Å². The zero-order valence-electron chi connectivity index (χ0n) is 22.6. The van der Waals surface area contributed by atoms with Crippen LogP contribution >= 0.6 is 0 Å². The second-order valence-corrected chi connectivity index (χ2v) is 10.2. The molecule has 1 aromatic heterocycles. The van der Waals surface area contributed by atoms with Crippen molar-refractivity contribution < 1.29 is 19.2 Å². The maximum atomic E-state index is 13.7. The molecule has 1 aliphatic rings. The van der Waals surface area contributed by atoms with E-state index in [1.165, 1.54) is 6.07 Å². The maximum Gasteiger partial charge on any atom is 0.309 e. The van der Waals surface area contributed by atoms with E-state index in [0.717, 1.165) is 27.6 Å². The smallest absolute Gasteiger partial charge is 0.309 e. The second kappa shape index (κ2) is 12.2. The summed E-state index contributed by atoms with van der Waals surface area (Å²) in [7, 11) is 0. The van der Waals surface area contributed by atoms with Crippen LogP contribution in [0.5, 0.6) is 0 Å². The molecule has 0 spiro atoms. The third-order valence-electron chi connectivity index (χ3n) is 7.73. The Balaban J connectivity index is 1.49. The Morgan fingerprint density at radius 2 is 1.68 bits per heavy atom. The number of hydrogen-bond donors (Lipinski definition) is 0. The minimum Gasteiger partial charge on any atom is -0.466 e. The lowest BCUT2D eigenvalue weighted by Gasteiger charge is -2.32. The zero-order chi connectivity index (χ0) is 28.1. The molecule has 1 saturated heterocycles. The van der Waals surface area contributed by atoms with Gasteiger partial charge in [-0.2, -0.15) is 0 Å². The molecule has 1 aliphatic heterocycles. The standard InChI is InChI=1S/C32H33N3O5/c1-2-40-32(37)25-15-17-33(18-16-25)31(36)20-27(24-11-7-4-8-12-24)29-22-34(21-23-9-5-3-6-10-23)30-14-13-26(35(38)39)19-28(29)30/h3-14,19,22,25,27H,2,15-18,20-21H2,1H3. The summed E-state index contributed by atoms with van der Waals surface area (Å²) in [6.45, 7) is 3.76. The molecule has 1 amide bonds. The number of nitro groups is 1. The van der Waals surface area contributed by atoms with Crippen molar-refractivity contribution in [3.63, 3.8) is 0 Å². The van der Waals surface area contributed by atoms with Gasteiger partial charge in [-0.25, -0.2) is 0 Å². The second-order valence-electron chi connectivity index (χ2n) is 10.2. The van der Waals surface area contributed by atoms with Gasteiger partial charge in [0.1, 0.15) is 0 Å². The Labute approximate surface area is 233 Å². The number of non-ortho nitro benzene ring substituents is 1. The van der Waals surface area contributed by atoms with Crippen LogP contribution in [0.25, 0.3) is 10.9 Å². The van der Waals surface area contributed by atoms with Gasteiger partial charge < -0.3 is 14.2 Å². The number of likely N-dealkylation sites (tertiary alicyclic amines) is 1. The molecule has 206 valence electrons. The van der Waals surface area contributed by atoms with Gasteiger partial charge in [0.15, 0.2) is 0 Å². The van der Waals surface area contributed by atoms with Gasteiger partial charge in [-0.3, -0.25) is 19.7 Å². The van der Waals surface area contributed by atoms with Crippen molar-refractivity contribution in [1.82, 2.24) is 9.47 Å². The quantitative estimate of drug-likeness (QED) is 0.149. The Morgan fingerprint density at radius 3 is 2.33 bits per heavy atom. The molecule has 8 nitrogen and oxygen atoms in total. The van der Waals surface area contributed by atoms with E-state index in [0.29, 0.717) is 39.1 Å². The minimum absolute atomic E-state index is 0.00514. The maximum absolute atomic E-state index is 13.7. The number of carbonyl (C=O) groups excluding carboxylic acids is 2. The van der Waals surface area contributed by atoms with Gasteiger partial charge >= 0.3 is 5.97 Å². The number of carbonyl (C=O) groups is 2. The van der Waals surface area contributed by atoms with E-state index in [9.17, 15) is 19.7 Å². The molecular formula is C32H33N3O5. The number of esters is 1. The van der Waals surface area contributed by atoms with Gasteiger partial charge in [0, 0.05) is 61.2 Å². The van der Waals surface area contributed by atoms with E-state index in [2.05, 4.69) is 16.7 Å². The van der Waals surface area contributed by atoms with Crippen molar-refractivity contribution in [1.29, 1.82) is 0 Å². The summed E-state index contributed by atoms with van der Waals surface area (Å²) in [5.74, 6) is -0.654. The highest BCUT2D eigenvalue weighted by Crippen LogP contribution is 2.37. The molecular weight excluding hydrogens is 506 g/mol.